The van der Waals surface area contributed by atoms with E-state index in [-0.39, 0.29) is 0 Å². The van der Waals surface area contributed by atoms with Crippen molar-refractivity contribution < 1.29 is 14.2 Å². The van der Waals surface area contributed by atoms with Crippen molar-refractivity contribution in [1.82, 2.24) is 5.32 Å². The lowest BCUT2D eigenvalue weighted by molar-refractivity contribution is 0.367. The topological polar surface area (TPSA) is 39.7 Å². The quantitative estimate of drug-likeness (QED) is 0.706. The highest BCUT2D eigenvalue weighted by atomic mass is 16.5. The first-order valence-corrected chi connectivity index (χ1v) is 7.14. The lowest BCUT2D eigenvalue weighted by Gasteiger charge is -2.15. The predicted molar refractivity (Wildman–Crippen MR) is 82.2 cm³/mol. The van der Waals surface area contributed by atoms with Crippen LogP contribution in [-0.4, -0.2) is 33.9 Å². The van der Waals surface area contributed by atoms with Gasteiger partial charge in [0, 0.05) is 23.7 Å². The summed E-state index contributed by atoms with van der Waals surface area (Å²) in [5.74, 6) is 2.42. The number of nitrogens with one attached hydrogen (secondary N) is 1. The largest absolute Gasteiger partial charge is 0.496 e. The third-order valence-corrected chi connectivity index (χ3v) is 3.22. The van der Waals surface area contributed by atoms with E-state index in [1.165, 1.54) is 0 Å². The molecule has 0 fully saturated rings. The Balaban J connectivity index is 2.67. The molecule has 114 valence electrons. The Morgan fingerprint density at radius 1 is 0.950 bits per heavy atom. The molecule has 0 aliphatic rings. The molecule has 0 atom stereocenters. The highest BCUT2D eigenvalue weighted by Gasteiger charge is 2.12. The van der Waals surface area contributed by atoms with Gasteiger partial charge in [-0.05, 0) is 25.8 Å². The van der Waals surface area contributed by atoms with Gasteiger partial charge in [0.05, 0.1) is 21.3 Å². The van der Waals surface area contributed by atoms with Crippen molar-refractivity contribution in [2.75, 3.05) is 27.9 Å². The van der Waals surface area contributed by atoms with Crippen molar-refractivity contribution in [3.63, 3.8) is 0 Å². The maximum atomic E-state index is 5.45. The number of rotatable bonds is 9. The van der Waals surface area contributed by atoms with Crippen molar-refractivity contribution in [1.29, 1.82) is 0 Å². The van der Waals surface area contributed by atoms with Gasteiger partial charge in [-0.1, -0.05) is 13.8 Å². The molecule has 1 rings (SSSR count). The molecule has 0 aliphatic carbocycles. The second-order valence-electron chi connectivity index (χ2n) is 5.08. The Hall–Kier alpha value is -1.42. The SMILES string of the molecule is COc1cc(OC)c(CCCCNC(C)C)c(OC)c1. The summed E-state index contributed by atoms with van der Waals surface area (Å²) in [5.41, 5.74) is 1.11. The summed E-state index contributed by atoms with van der Waals surface area (Å²) in [5, 5.41) is 3.42. The highest BCUT2D eigenvalue weighted by molar-refractivity contribution is 5.50. The van der Waals surface area contributed by atoms with E-state index >= 15 is 0 Å². The van der Waals surface area contributed by atoms with Gasteiger partial charge in [-0.2, -0.15) is 0 Å². The molecule has 0 unspecified atom stereocenters. The Kier molecular flexibility index (Phi) is 7.23. The third kappa shape index (κ3) is 4.93. The maximum absolute atomic E-state index is 5.45. The van der Waals surface area contributed by atoms with Crippen LogP contribution in [0.1, 0.15) is 32.3 Å². The van der Waals surface area contributed by atoms with Gasteiger partial charge in [0.2, 0.25) is 0 Å². The average Bonchev–Trinajstić information content (AvgIpc) is 2.46. The molecule has 1 N–H and O–H groups in total. The summed E-state index contributed by atoms with van der Waals surface area (Å²) >= 11 is 0. The van der Waals surface area contributed by atoms with Crippen molar-refractivity contribution in [2.45, 2.75) is 39.2 Å². The van der Waals surface area contributed by atoms with Crippen LogP contribution in [0.15, 0.2) is 12.1 Å². The summed E-state index contributed by atoms with van der Waals surface area (Å²) in [4.78, 5) is 0. The van der Waals surface area contributed by atoms with Crippen LogP contribution in [-0.2, 0) is 6.42 Å². The van der Waals surface area contributed by atoms with Crippen LogP contribution < -0.4 is 19.5 Å². The number of hydrogen-bond acceptors (Lipinski definition) is 4. The Labute approximate surface area is 122 Å². The normalized spacial score (nSPS) is 10.7. The highest BCUT2D eigenvalue weighted by Crippen LogP contribution is 2.34. The molecule has 0 aromatic heterocycles. The van der Waals surface area contributed by atoms with E-state index in [0.717, 1.165) is 48.6 Å². The van der Waals surface area contributed by atoms with Gasteiger partial charge in [-0.15, -0.1) is 0 Å². The maximum Gasteiger partial charge on any atom is 0.129 e. The molecule has 0 spiro atoms. The van der Waals surface area contributed by atoms with Crippen molar-refractivity contribution in [2.24, 2.45) is 0 Å². The van der Waals surface area contributed by atoms with Gasteiger partial charge in [0.25, 0.3) is 0 Å². The molecule has 0 saturated carbocycles. The molecule has 1 aromatic rings. The van der Waals surface area contributed by atoms with Crippen molar-refractivity contribution in [3.8, 4) is 17.2 Å². The average molecular weight is 281 g/mol. The minimum Gasteiger partial charge on any atom is -0.496 e. The number of methoxy groups -OCH3 is 3. The summed E-state index contributed by atoms with van der Waals surface area (Å²) in [6.45, 7) is 5.36. The summed E-state index contributed by atoms with van der Waals surface area (Å²) in [6.07, 6.45) is 3.17. The lowest BCUT2D eigenvalue weighted by atomic mass is 10.1. The fourth-order valence-electron chi connectivity index (χ4n) is 2.14. The number of hydrogen-bond donors (Lipinski definition) is 1. The van der Waals surface area contributed by atoms with Crippen LogP contribution >= 0.6 is 0 Å². The van der Waals surface area contributed by atoms with Crippen LogP contribution in [0.3, 0.4) is 0 Å². The Bertz CT molecular complexity index is 380. The van der Waals surface area contributed by atoms with E-state index in [9.17, 15) is 0 Å². The first-order valence-electron chi connectivity index (χ1n) is 7.14. The molecule has 0 saturated heterocycles. The van der Waals surface area contributed by atoms with Gasteiger partial charge in [0.1, 0.15) is 17.2 Å². The van der Waals surface area contributed by atoms with Gasteiger partial charge in [0.15, 0.2) is 0 Å². The number of unbranched alkanes of at least 4 members (excludes halogenated alkanes) is 1. The second kappa shape index (κ2) is 8.69. The lowest BCUT2D eigenvalue weighted by Crippen LogP contribution is -2.23. The first kappa shape index (κ1) is 16.6. The Morgan fingerprint density at radius 2 is 1.55 bits per heavy atom. The predicted octanol–water partition coefficient (Wildman–Crippen LogP) is 3.03. The zero-order chi connectivity index (χ0) is 15.0. The minimum absolute atomic E-state index is 0.542. The third-order valence-electron chi connectivity index (χ3n) is 3.22. The smallest absolute Gasteiger partial charge is 0.129 e. The molecule has 20 heavy (non-hydrogen) atoms. The molecule has 0 radical (unpaired) electrons. The zero-order valence-corrected chi connectivity index (χ0v) is 13.3. The minimum atomic E-state index is 0.542. The van der Waals surface area contributed by atoms with E-state index in [0.29, 0.717) is 6.04 Å². The molecule has 0 aliphatic heterocycles. The molecule has 4 heteroatoms. The first-order chi connectivity index (χ1) is 9.62. The van der Waals surface area contributed by atoms with E-state index in [1.54, 1.807) is 21.3 Å². The van der Waals surface area contributed by atoms with Crippen LogP contribution in [0, 0.1) is 0 Å². The molecular weight excluding hydrogens is 254 g/mol. The van der Waals surface area contributed by atoms with E-state index < -0.39 is 0 Å². The van der Waals surface area contributed by atoms with Gasteiger partial charge < -0.3 is 19.5 Å². The zero-order valence-electron chi connectivity index (χ0n) is 13.3. The van der Waals surface area contributed by atoms with Crippen LogP contribution in [0.5, 0.6) is 17.2 Å². The van der Waals surface area contributed by atoms with E-state index in [2.05, 4.69) is 19.2 Å². The van der Waals surface area contributed by atoms with Gasteiger partial charge >= 0.3 is 0 Å². The van der Waals surface area contributed by atoms with Crippen molar-refractivity contribution in [3.05, 3.63) is 17.7 Å². The fraction of sp³-hybridized carbons (Fsp3) is 0.625. The fourth-order valence-corrected chi connectivity index (χ4v) is 2.14. The van der Waals surface area contributed by atoms with E-state index in [4.69, 9.17) is 14.2 Å². The van der Waals surface area contributed by atoms with Crippen LogP contribution in [0.4, 0.5) is 0 Å². The van der Waals surface area contributed by atoms with Crippen molar-refractivity contribution >= 4 is 0 Å². The monoisotopic (exact) mass is 281 g/mol. The summed E-state index contributed by atoms with van der Waals surface area (Å²) in [6, 6.07) is 4.36. The summed E-state index contributed by atoms with van der Waals surface area (Å²) in [7, 11) is 5.00. The molecule has 0 heterocycles. The molecule has 4 nitrogen and oxygen atoms in total. The summed E-state index contributed by atoms with van der Waals surface area (Å²) < 4.78 is 16.2. The van der Waals surface area contributed by atoms with Gasteiger partial charge in [-0.25, -0.2) is 0 Å². The van der Waals surface area contributed by atoms with E-state index in [1.807, 2.05) is 12.1 Å². The molecule has 1 aromatic carbocycles. The standard InChI is InChI=1S/C16H27NO3/c1-12(2)17-9-7-6-8-14-15(19-4)10-13(18-3)11-16(14)20-5/h10-12,17H,6-9H2,1-5H3. The second-order valence-corrected chi connectivity index (χ2v) is 5.08. The molecule has 0 amide bonds. The number of ether oxygens (including phenoxy) is 3. The van der Waals surface area contributed by atoms with Crippen LogP contribution in [0.2, 0.25) is 0 Å². The van der Waals surface area contributed by atoms with Crippen LogP contribution in [0.25, 0.3) is 0 Å². The Morgan fingerprint density at radius 3 is 2.00 bits per heavy atom. The van der Waals surface area contributed by atoms with Gasteiger partial charge in [-0.3, -0.25) is 0 Å². The number of benzene rings is 1. The molecule has 0 bridgehead atoms. The molecular formula is C16H27NO3.